The van der Waals surface area contributed by atoms with Crippen molar-refractivity contribution in [3.05, 3.63) is 70.7 Å². The van der Waals surface area contributed by atoms with Gasteiger partial charge in [-0.2, -0.15) is 0 Å². The maximum Gasteiger partial charge on any atom is 0.251 e. The Labute approximate surface area is 135 Å². The van der Waals surface area contributed by atoms with E-state index < -0.39 is 6.04 Å². The van der Waals surface area contributed by atoms with E-state index in [1.54, 1.807) is 24.3 Å². The molecule has 0 saturated heterocycles. The molecule has 3 nitrogen and oxygen atoms in total. The van der Waals surface area contributed by atoms with Crippen LogP contribution in [0, 0.1) is 0 Å². The molecule has 0 fully saturated rings. The minimum absolute atomic E-state index is 0.278. The van der Waals surface area contributed by atoms with E-state index in [-0.39, 0.29) is 5.91 Å². The van der Waals surface area contributed by atoms with E-state index in [1.807, 2.05) is 18.2 Å². The molecular weight excluding hydrogens is 298 g/mol. The van der Waals surface area contributed by atoms with Gasteiger partial charge >= 0.3 is 0 Å². The molecule has 2 rings (SSSR count). The fourth-order valence-electron chi connectivity index (χ4n) is 2.23. The number of nitrogens with one attached hydrogen (secondary N) is 1. The molecule has 0 saturated carbocycles. The topological polar surface area (TPSA) is 46.2 Å². The molecule has 1 atom stereocenters. The van der Waals surface area contributed by atoms with E-state index in [0.717, 1.165) is 19.1 Å². The molecule has 1 N–H and O–H groups in total. The Morgan fingerprint density at radius 3 is 2.59 bits per heavy atom. The van der Waals surface area contributed by atoms with Gasteiger partial charge in [-0.1, -0.05) is 48.0 Å². The molecule has 2 aromatic rings. The Morgan fingerprint density at radius 2 is 1.91 bits per heavy atom. The van der Waals surface area contributed by atoms with Gasteiger partial charge in [-0.3, -0.25) is 4.79 Å². The Balaban J connectivity index is 1.84. The van der Waals surface area contributed by atoms with Gasteiger partial charge in [0.25, 0.3) is 5.91 Å². The van der Waals surface area contributed by atoms with Crippen LogP contribution in [0.2, 0.25) is 5.02 Å². The zero-order valence-electron chi connectivity index (χ0n) is 12.2. The van der Waals surface area contributed by atoms with Crippen molar-refractivity contribution in [3.63, 3.8) is 0 Å². The lowest BCUT2D eigenvalue weighted by atomic mass is 10.0. The number of carbonyl (C=O) groups excluding carboxylic acids is 2. The van der Waals surface area contributed by atoms with Gasteiger partial charge in [0.2, 0.25) is 0 Å². The summed E-state index contributed by atoms with van der Waals surface area (Å²) in [5.41, 5.74) is 1.69. The molecule has 0 radical (unpaired) electrons. The highest BCUT2D eigenvalue weighted by atomic mass is 35.5. The predicted octanol–water partition coefficient (Wildman–Crippen LogP) is 3.66. The number of aldehydes is 1. The van der Waals surface area contributed by atoms with Gasteiger partial charge in [0.05, 0.1) is 6.04 Å². The second-order valence-electron chi connectivity index (χ2n) is 5.10. The molecule has 22 heavy (non-hydrogen) atoms. The highest BCUT2D eigenvalue weighted by Gasteiger charge is 2.13. The summed E-state index contributed by atoms with van der Waals surface area (Å²) in [6.45, 7) is 0. The summed E-state index contributed by atoms with van der Waals surface area (Å²) in [6.07, 6.45) is 3.12. The summed E-state index contributed by atoms with van der Waals surface area (Å²) in [6, 6.07) is 16.3. The van der Waals surface area contributed by atoms with Gasteiger partial charge < -0.3 is 10.1 Å². The molecule has 0 aliphatic carbocycles. The van der Waals surface area contributed by atoms with Crippen LogP contribution in [0.15, 0.2) is 54.6 Å². The molecule has 0 aliphatic heterocycles. The standard InChI is InChI=1S/C18H18ClNO2/c19-16-10-5-9-15(12-16)18(22)20-17(13-21)11-4-8-14-6-2-1-3-7-14/h1-3,5-7,9-10,12-13,17H,4,8,11H2,(H,20,22)/t17-/m1/s1. The summed E-state index contributed by atoms with van der Waals surface area (Å²) in [5.74, 6) is -0.278. The summed E-state index contributed by atoms with van der Waals surface area (Å²) in [7, 11) is 0. The molecule has 4 heteroatoms. The predicted molar refractivity (Wildman–Crippen MR) is 88.2 cm³/mol. The lowest BCUT2D eigenvalue weighted by Gasteiger charge is -2.13. The van der Waals surface area contributed by atoms with Crippen molar-refractivity contribution >= 4 is 23.8 Å². The van der Waals surface area contributed by atoms with Crippen molar-refractivity contribution in [3.8, 4) is 0 Å². The Morgan fingerprint density at radius 1 is 1.14 bits per heavy atom. The van der Waals surface area contributed by atoms with Crippen LogP contribution in [0.1, 0.15) is 28.8 Å². The van der Waals surface area contributed by atoms with Crippen molar-refractivity contribution < 1.29 is 9.59 Å². The van der Waals surface area contributed by atoms with Gasteiger partial charge in [-0.05, 0) is 43.0 Å². The summed E-state index contributed by atoms with van der Waals surface area (Å²) in [5, 5.41) is 3.23. The monoisotopic (exact) mass is 315 g/mol. The maximum atomic E-state index is 12.1. The van der Waals surface area contributed by atoms with Crippen molar-refractivity contribution in [1.82, 2.24) is 5.32 Å². The Kier molecular flexibility index (Phi) is 6.16. The van der Waals surface area contributed by atoms with E-state index in [1.165, 1.54) is 5.56 Å². The highest BCUT2D eigenvalue weighted by Crippen LogP contribution is 2.11. The fraction of sp³-hybridized carbons (Fsp3) is 0.222. The van der Waals surface area contributed by atoms with Crippen molar-refractivity contribution in [2.24, 2.45) is 0 Å². The molecule has 0 unspecified atom stereocenters. The number of halogens is 1. The number of rotatable bonds is 7. The van der Waals surface area contributed by atoms with Crippen LogP contribution in [0.4, 0.5) is 0 Å². The maximum absolute atomic E-state index is 12.1. The number of aryl methyl sites for hydroxylation is 1. The van der Waals surface area contributed by atoms with Crippen LogP contribution in [-0.2, 0) is 11.2 Å². The lowest BCUT2D eigenvalue weighted by Crippen LogP contribution is -2.36. The summed E-state index contributed by atoms with van der Waals surface area (Å²) in [4.78, 5) is 23.2. The first kappa shape index (κ1) is 16.2. The van der Waals surface area contributed by atoms with Crippen molar-refractivity contribution in [1.29, 1.82) is 0 Å². The van der Waals surface area contributed by atoms with Gasteiger partial charge in [-0.25, -0.2) is 0 Å². The quantitative estimate of drug-likeness (QED) is 0.793. The van der Waals surface area contributed by atoms with E-state index in [9.17, 15) is 9.59 Å². The number of amides is 1. The molecular formula is C18H18ClNO2. The van der Waals surface area contributed by atoms with Crippen LogP contribution < -0.4 is 5.32 Å². The van der Waals surface area contributed by atoms with Crippen LogP contribution in [0.3, 0.4) is 0 Å². The largest absolute Gasteiger partial charge is 0.343 e. The van der Waals surface area contributed by atoms with E-state index >= 15 is 0 Å². The van der Waals surface area contributed by atoms with Crippen LogP contribution in [0.5, 0.6) is 0 Å². The second-order valence-corrected chi connectivity index (χ2v) is 5.54. The molecule has 0 bridgehead atoms. The molecule has 0 spiro atoms. The van der Waals surface area contributed by atoms with Crippen LogP contribution >= 0.6 is 11.6 Å². The van der Waals surface area contributed by atoms with Crippen molar-refractivity contribution in [2.75, 3.05) is 0 Å². The molecule has 0 aliphatic rings. The molecule has 2 aromatic carbocycles. The normalized spacial score (nSPS) is 11.7. The minimum Gasteiger partial charge on any atom is -0.343 e. The number of benzene rings is 2. The van der Waals surface area contributed by atoms with Gasteiger partial charge in [0.15, 0.2) is 0 Å². The Hall–Kier alpha value is -2.13. The van der Waals surface area contributed by atoms with E-state index in [2.05, 4.69) is 17.4 Å². The number of hydrogen-bond acceptors (Lipinski definition) is 2. The van der Waals surface area contributed by atoms with Crippen LogP contribution in [0.25, 0.3) is 0 Å². The second kappa shape index (κ2) is 8.35. The average molecular weight is 316 g/mol. The SMILES string of the molecule is O=C[C@@H](CCCc1ccccc1)NC(=O)c1cccc(Cl)c1. The van der Waals surface area contributed by atoms with Gasteiger partial charge in [0, 0.05) is 10.6 Å². The smallest absolute Gasteiger partial charge is 0.251 e. The molecule has 0 heterocycles. The Bertz CT molecular complexity index is 628. The summed E-state index contributed by atoms with van der Waals surface area (Å²) >= 11 is 5.86. The molecule has 0 aromatic heterocycles. The molecule has 1 amide bonds. The zero-order valence-corrected chi connectivity index (χ0v) is 12.9. The first-order valence-corrected chi connectivity index (χ1v) is 7.62. The fourth-order valence-corrected chi connectivity index (χ4v) is 2.42. The van der Waals surface area contributed by atoms with Crippen LogP contribution in [-0.4, -0.2) is 18.2 Å². The average Bonchev–Trinajstić information content (AvgIpc) is 2.54. The minimum atomic E-state index is -0.477. The van der Waals surface area contributed by atoms with Crippen molar-refractivity contribution in [2.45, 2.75) is 25.3 Å². The van der Waals surface area contributed by atoms with E-state index in [4.69, 9.17) is 11.6 Å². The third-order valence-electron chi connectivity index (χ3n) is 3.39. The molecule has 114 valence electrons. The van der Waals surface area contributed by atoms with Gasteiger partial charge in [0.1, 0.15) is 6.29 Å². The first-order chi connectivity index (χ1) is 10.7. The number of hydrogen-bond donors (Lipinski definition) is 1. The highest BCUT2D eigenvalue weighted by molar-refractivity contribution is 6.30. The van der Waals surface area contributed by atoms with Gasteiger partial charge in [-0.15, -0.1) is 0 Å². The lowest BCUT2D eigenvalue weighted by molar-refractivity contribution is -0.109. The zero-order chi connectivity index (χ0) is 15.8. The first-order valence-electron chi connectivity index (χ1n) is 7.24. The summed E-state index contributed by atoms with van der Waals surface area (Å²) < 4.78 is 0. The van der Waals surface area contributed by atoms with E-state index in [0.29, 0.717) is 17.0 Å². The number of carbonyl (C=O) groups is 2. The third kappa shape index (κ3) is 5.01. The third-order valence-corrected chi connectivity index (χ3v) is 3.63.